The number of carbonyl (C=O) groups excluding carboxylic acids is 2. The molecule has 1 amide bonds. The summed E-state index contributed by atoms with van der Waals surface area (Å²) in [7, 11) is 1.38. The Morgan fingerprint density at radius 3 is 1.12 bits per heavy atom. The molecular weight excluding hydrogens is 1270 g/mol. The molecule has 12 rings (SSSR count). The number of ether oxygens (including phenoxy) is 5. The summed E-state index contributed by atoms with van der Waals surface area (Å²) in [6.07, 6.45) is 0. The number of hydrogen-bond donors (Lipinski definition) is 6. The van der Waals surface area contributed by atoms with Gasteiger partial charge in [-0.25, -0.2) is 29.5 Å². The van der Waals surface area contributed by atoms with Gasteiger partial charge in [0.2, 0.25) is 23.8 Å². The zero-order valence-electron chi connectivity index (χ0n) is 57.0. The smallest absolute Gasteiger partial charge is 0.337 e. The Labute approximate surface area is 577 Å². The number of aryl methyl sites for hydroxylation is 3. The van der Waals surface area contributed by atoms with Crippen molar-refractivity contribution in [1.82, 2.24) is 39.9 Å². The number of esters is 1. The molecular formula is C71H88ClN17O9. The van der Waals surface area contributed by atoms with Crippen LogP contribution in [0.2, 0.25) is 5.15 Å². The molecule has 0 atom stereocenters. The maximum absolute atomic E-state index is 12.8. The molecule has 0 spiro atoms. The predicted molar refractivity (Wildman–Crippen MR) is 385 cm³/mol. The number of nitrogens with one attached hydrogen (secondary N) is 5. The zero-order chi connectivity index (χ0) is 69.3. The maximum Gasteiger partial charge on any atom is 0.337 e. The first kappa shape index (κ1) is 72.4. The number of halogens is 1. The third-order valence-electron chi connectivity index (χ3n) is 16.0. The minimum Gasteiger partial charge on any atom is -0.478 e. The number of rotatable bonds is 19. The third-order valence-corrected chi connectivity index (χ3v) is 16.2. The number of hydrogen-bond acceptors (Lipinski definition) is 24. The van der Waals surface area contributed by atoms with Gasteiger partial charge in [-0.1, -0.05) is 48.0 Å². The molecule has 4 saturated heterocycles. The summed E-state index contributed by atoms with van der Waals surface area (Å²) >= 11 is 5.96. The highest BCUT2D eigenvalue weighted by Crippen LogP contribution is 2.32. The number of amides is 1. The van der Waals surface area contributed by atoms with E-state index in [0.717, 1.165) is 159 Å². The van der Waals surface area contributed by atoms with Crippen molar-refractivity contribution in [1.29, 1.82) is 0 Å². The molecule has 0 unspecified atom stereocenters. The Morgan fingerprint density at radius 2 is 0.765 bits per heavy atom. The van der Waals surface area contributed by atoms with Gasteiger partial charge >= 0.3 is 11.9 Å². The van der Waals surface area contributed by atoms with Crippen LogP contribution in [0.1, 0.15) is 75.5 Å². The van der Waals surface area contributed by atoms with Crippen molar-refractivity contribution in [2.24, 2.45) is 0 Å². The van der Waals surface area contributed by atoms with Crippen LogP contribution in [0, 0.1) is 20.8 Å². The van der Waals surface area contributed by atoms with Crippen molar-refractivity contribution >= 4 is 82.2 Å². The molecule has 4 fully saturated rings. The average Bonchev–Trinajstić information content (AvgIpc) is 0.846. The van der Waals surface area contributed by atoms with Crippen LogP contribution in [0.4, 0.5) is 52.8 Å². The fourth-order valence-electron chi connectivity index (χ4n) is 10.8. The number of benzene rings is 4. The van der Waals surface area contributed by atoms with Crippen LogP contribution in [0.25, 0.3) is 33.8 Å². The molecule has 0 aliphatic carbocycles. The number of carbonyl (C=O) groups is 3. The molecule has 0 bridgehead atoms. The first-order chi connectivity index (χ1) is 47.6. The van der Waals surface area contributed by atoms with E-state index in [0.29, 0.717) is 92.0 Å². The van der Waals surface area contributed by atoms with Gasteiger partial charge in [-0.3, -0.25) is 4.79 Å². The number of aromatic carboxylic acids is 1. The number of morpholine rings is 4. The summed E-state index contributed by atoms with van der Waals surface area (Å²) in [6, 6.07) is 33.4. The standard InChI is InChI=1S/C24H27N5O2.C19H24N4O3.C18H22N4O3.C10H15ClN4O/c1-3-25-24-27-21(16-22(28-24)29-11-13-31-14-12-29)20-15-18(10-9-17(20)2)23(30)26-19-7-5-4-6-8-19;1-4-20-19-21-16(12-17(22-19)23-7-9-26-10-8-23)15-11-14(18(24)25-3)6-5-13(15)2;1-3-19-18-20-15(11-16(21-18)22-6-8-25-9-7-22)14-10-13(17(23)24)5-4-12(14)2;1-2-12-10-13-8(11)7-9(14-10)15-3-5-16-6-4-15/h4-10,15-16H,3,11-14H2,1-2H3,(H,26,30)(H,25,27,28);5-6,11-12H,4,7-10H2,1-3H3,(H,20,21,22);4-5,10-11H,3,6-9H2,1-2H3,(H,23,24)(H,19,20,21);7H,2-6H2,1H3,(H,12,13,14). The van der Waals surface area contributed by atoms with E-state index >= 15 is 0 Å². The average molecular weight is 1360 g/mol. The van der Waals surface area contributed by atoms with Crippen LogP contribution >= 0.6 is 11.6 Å². The first-order valence-electron chi connectivity index (χ1n) is 33.1. The van der Waals surface area contributed by atoms with E-state index in [2.05, 4.69) is 81.1 Å². The van der Waals surface area contributed by atoms with Crippen LogP contribution < -0.4 is 46.2 Å². The number of carboxylic acids is 1. The molecule has 8 heterocycles. The van der Waals surface area contributed by atoms with Crippen LogP contribution in [0.5, 0.6) is 0 Å². The van der Waals surface area contributed by atoms with Crippen LogP contribution in [0.3, 0.4) is 0 Å². The second-order valence-corrected chi connectivity index (χ2v) is 23.3. The molecule has 98 heavy (non-hydrogen) atoms. The number of anilines is 9. The largest absolute Gasteiger partial charge is 0.478 e. The number of aromatic nitrogens is 8. The van der Waals surface area contributed by atoms with Crippen LogP contribution in [0.15, 0.2) is 109 Å². The van der Waals surface area contributed by atoms with Gasteiger partial charge in [0.15, 0.2) is 0 Å². The molecule has 4 aromatic heterocycles. The van der Waals surface area contributed by atoms with E-state index in [-0.39, 0.29) is 17.4 Å². The van der Waals surface area contributed by atoms with Gasteiger partial charge < -0.3 is 75.0 Å². The monoisotopic (exact) mass is 1360 g/mol. The minimum absolute atomic E-state index is 0.151. The summed E-state index contributed by atoms with van der Waals surface area (Å²) in [4.78, 5) is 81.1. The topological polar surface area (TPSA) is 294 Å². The lowest BCUT2D eigenvalue weighted by Crippen LogP contribution is -2.37. The second kappa shape index (κ2) is 36.5. The second-order valence-electron chi connectivity index (χ2n) is 22.9. The first-order valence-corrected chi connectivity index (χ1v) is 33.5. The number of para-hydroxylation sites is 1. The van der Waals surface area contributed by atoms with Gasteiger partial charge in [0.1, 0.15) is 28.4 Å². The molecule has 6 N–H and O–H groups in total. The Hall–Kier alpha value is -9.86. The number of carboxylic acid groups (broad SMARTS) is 1. The van der Waals surface area contributed by atoms with E-state index in [1.807, 2.05) is 133 Å². The van der Waals surface area contributed by atoms with Gasteiger partial charge in [-0.2, -0.15) is 19.9 Å². The molecule has 27 heteroatoms. The molecule has 26 nitrogen and oxygen atoms in total. The summed E-state index contributed by atoms with van der Waals surface area (Å²) in [5.74, 6) is 4.23. The third kappa shape index (κ3) is 20.4. The maximum atomic E-state index is 12.8. The lowest BCUT2D eigenvalue weighted by molar-refractivity contribution is 0.0599. The summed E-state index contributed by atoms with van der Waals surface area (Å²) in [5, 5.41) is 25.3. The fraction of sp³-hybridized carbons (Fsp3) is 0.394. The van der Waals surface area contributed by atoms with Crippen molar-refractivity contribution in [3.8, 4) is 33.8 Å². The quantitative estimate of drug-likeness (QED) is 0.0324. The Morgan fingerprint density at radius 1 is 0.439 bits per heavy atom. The Bertz CT molecular complexity index is 3940. The Balaban J connectivity index is 0.000000156. The summed E-state index contributed by atoms with van der Waals surface area (Å²) < 4.78 is 26.5. The molecule has 4 aliphatic rings. The van der Waals surface area contributed by atoms with Gasteiger partial charge in [-0.15, -0.1) is 0 Å². The molecule has 0 saturated carbocycles. The van der Waals surface area contributed by atoms with Gasteiger partial charge in [0, 0.05) is 131 Å². The lowest BCUT2D eigenvalue weighted by atomic mass is 10.0. The molecule has 4 aromatic carbocycles. The molecule has 8 aromatic rings. The number of nitrogens with zero attached hydrogens (tertiary/aromatic N) is 12. The highest BCUT2D eigenvalue weighted by molar-refractivity contribution is 6.29. The van der Waals surface area contributed by atoms with E-state index in [9.17, 15) is 19.5 Å². The zero-order valence-corrected chi connectivity index (χ0v) is 57.7. The van der Waals surface area contributed by atoms with Crippen molar-refractivity contribution in [3.05, 3.63) is 148 Å². The van der Waals surface area contributed by atoms with E-state index in [1.54, 1.807) is 24.3 Å². The lowest BCUT2D eigenvalue weighted by Gasteiger charge is -2.28. The fourth-order valence-corrected chi connectivity index (χ4v) is 11.0. The van der Waals surface area contributed by atoms with Crippen molar-refractivity contribution in [3.63, 3.8) is 0 Å². The highest BCUT2D eigenvalue weighted by atomic mass is 35.5. The van der Waals surface area contributed by atoms with Crippen molar-refractivity contribution in [2.45, 2.75) is 48.5 Å². The SMILES string of the molecule is CCNc1nc(-c2cc(C(=O)Nc3ccccc3)ccc2C)cc(N2CCOCC2)n1.CCNc1nc(-c2cc(C(=O)O)ccc2C)cc(N2CCOCC2)n1.CCNc1nc(-c2cc(C(=O)OC)ccc2C)cc(N2CCOCC2)n1.CCNc1nc(Cl)cc(N2CCOCC2)n1. The van der Waals surface area contributed by atoms with Crippen molar-refractivity contribution < 1.29 is 43.2 Å². The predicted octanol–water partition coefficient (Wildman–Crippen LogP) is 10.3. The van der Waals surface area contributed by atoms with E-state index in [4.69, 9.17) is 40.3 Å². The van der Waals surface area contributed by atoms with E-state index < -0.39 is 5.97 Å². The highest BCUT2D eigenvalue weighted by Gasteiger charge is 2.22. The van der Waals surface area contributed by atoms with Gasteiger partial charge in [0.25, 0.3) is 5.91 Å². The van der Waals surface area contributed by atoms with E-state index in [1.165, 1.54) is 7.11 Å². The van der Waals surface area contributed by atoms with Gasteiger partial charge in [-0.05, 0) is 114 Å². The molecule has 4 aliphatic heterocycles. The van der Waals surface area contributed by atoms with Gasteiger partial charge in [0.05, 0.1) is 88.2 Å². The summed E-state index contributed by atoms with van der Waals surface area (Å²) in [5.41, 5.74) is 10.0. The number of methoxy groups -OCH3 is 1. The molecule has 518 valence electrons. The minimum atomic E-state index is -0.949. The Kier molecular flexibility index (Phi) is 27.0. The summed E-state index contributed by atoms with van der Waals surface area (Å²) in [6.45, 7) is 28.9. The normalized spacial score (nSPS) is 14.4. The van der Waals surface area contributed by atoms with Crippen LogP contribution in [-0.4, -0.2) is 201 Å². The van der Waals surface area contributed by atoms with Crippen LogP contribution in [-0.2, 0) is 23.7 Å². The van der Waals surface area contributed by atoms with Crippen molar-refractivity contribution in [2.75, 3.05) is 185 Å². The molecule has 0 radical (unpaired) electrons.